The fourth-order valence-corrected chi connectivity index (χ4v) is 1.71. The Bertz CT molecular complexity index is 444. The number of nitrogens with zero attached hydrogens (tertiary/aromatic N) is 1. The number of carbonyl (C=O) groups is 2. The fraction of sp³-hybridized carbons (Fsp3) is 0.429. The first-order chi connectivity index (χ1) is 9.56. The molecule has 0 aromatic heterocycles. The summed E-state index contributed by atoms with van der Waals surface area (Å²) in [5.41, 5.74) is 0.522. The van der Waals surface area contributed by atoms with Gasteiger partial charge in [0.15, 0.2) is 0 Å². The predicted octanol–water partition coefficient (Wildman–Crippen LogP) is 1.22. The Morgan fingerprint density at radius 3 is 2.25 bits per heavy atom. The monoisotopic (exact) mass is 281 g/mol. The highest BCUT2D eigenvalue weighted by Crippen LogP contribution is 2.07. The van der Waals surface area contributed by atoms with E-state index >= 15 is 0 Å². The highest BCUT2D eigenvalue weighted by Gasteiger charge is 2.09. The number of amides is 2. The molecule has 0 aliphatic heterocycles. The van der Waals surface area contributed by atoms with Crippen molar-refractivity contribution < 1.29 is 14.0 Å². The minimum absolute atomic E-state index is 0.0321. The van der Waals surface area contributed by atoms with E-state index in [1.54, 1.807) is 4.90 Å². The zero-order chi connectivity index (χ0) is 15.0. The molecule has 1 aromatic carbocycles. The van der Waals surface area contributed by atoms with Crippen molar-refractivity contribution in [1.29, 1.82) is 0 Å². The average Bonchev–Trinajstić information content (AvgIpc) is 2.43. The van der Waals surface area contributed by atoms with Crippen LogP contribution in [-0.2, 0) is 9.59 Å². The predicted molar refractivity (Wildman–Crippen MR) is 75.8 cm³/mol. The average molecular weight is 281 g/mol. The number of rotatable bonds is 7. The Morgan fingerprint density at radius 2 is 1.70 bits per heavy atom. The SMILES string of the molecule is CCN(CC)C(=O)CNCC(=O)Nc1ccc(F)cc1. The second-order valence-electron chi connectivity index (χ2n) is 4.22. The Labute approximate surface area is 118 Å². The lowest BCUT2D eigenvalue weighted by atomic mass is 10.3. The third-order valence-electron chi connectivity index (χ3n) is 2.81. The molecule has 0 atom stereocenters. The van der Waals surface area contributed by atoms with Crippen LogP contribution in [0.1, 0.15) is 13.8 Å². The van der Waals surface area contributed by atoms with Crippen LogP contribution in [0.2, 0.25) is 0 Å². The first kappa shape index (κ1) is 16.1. The molecule has 1 aromatic rings. The van der Waals surface area contributed by atoms with Crippen LogP contribution in [0.3, 0.4) is 0 Å². The van der Waals surface area contributed by atoms with Crippen molar-refractivity contribution in [3.8, 4) is 0 Å². The zero-order valence-corrected chi connectivity index (χ0v) is 11.8. The molecule has 5 nitrogen and oxygen atoms in total. The van der Waals surface area contributed by atoms with E-state index in [2.05, 4.69) is 10.6 Å². The van der Waals surface area contributed by atoms with Gasteiger partial charge in [-0.15, -0.1) is 0 Å². The summed E-state index contributed by atoms with van der Waals surface area (Å²) < 4.78 is 12.7. The van der Waals surface area contributed by atoms with Gasteiger partial charge in [-0.25, -0.2) is 4.39 Å². The maximum absolute atomic E-state index is 12.7. The molecular weight excluding hydrogens is 261 g/mol. The van der Waals surface area contributed by atoms with Crippen LogP contribution in [0.15, 0.2) is 24.3 Å². The maximum atomic E-state index is 12.7. The number of anilines is 1. The van der Waals surface area contributed by atoms with Crippen LogP contribution in [0, 0.1) is 5.82 Å². The first-order valence-corrected chi connectivity index (χ1v) is 6.60. The normalized spacial score (nSPS) is 10.2. The van der Waals surface area contributed by atoms with E-state index in [9.17, 15) is 14.0 Å². The molecule has 6 heteroatoms. The van der Waals surface area contributed by atoms with Crippen LogP contribution in [0.4, 0.5) is 10.1 Å². The summed E-state index contributed by atoms with van der Waals surface area (Å²) in [7, 11) is 0. The molecule has 20 heavy (non-hydrogen) atoms. The molecule has 0 bridgehead atoms. The van der Waals surface area contributed by atoms with E-state index < -0.39 is 0 Å². The lowest BCUT2D eigenvalue weighted by Gasteiger charge is -2.18. The summed E-state index contributed by atoms with van der Waals surface area (Å²) in [4.78, 5) is 25.0. The van der Waals surface area contributed by atoms with Gasteiger partial charge in [-0.1, -0.05) is 0 Å². The zero-order valence-electron chi connectivity index (χ0n) is 11.8. The van der Waals surface area contributed by atoms with Gasteiger partial charge in [0.2, 0.25) is 11.8 Å². The highest BCUT2D eigenvalue weighted by molar-refractivity contribution is 5.92. The molecular formula is C14H20FN3O2. The molecule has 0 aliphatic carbocycles. The third-order valence-corrected chi connectivity index (χ3v) is 2.81. The minimum Gasteiger partial charge on any atom is -0.342 e. The number of nitrogens with one attached hydrogen (secondary N) is 2. The van der Waals surface area contributed by atoms with Crippen molar-refractivity contribution in [2.75, 3.05) is 31.5 Å². The quantitative estimate of drug-likeness (QED) is 0.790. The Kier molecular flexibility index (Phi) is 6.66. The molecule has 1 rings (SSSR count). The van der Waals surface area contributed by atoms with Gasteiger partial charge in [-0.3, -0.25) is 14.9 Å². The van der Waals surface area contributed by atoms with E-state index in [0.717, 1.165) is 0 Å². The molecule has 0 saturated heterocycles. The van der Waals surface area contributed by atoms with Gasteiger partial charge in [-0.05, 0) is 38.1 Å². The largest absolute Gasteiger partial charge is 0.342 e. The van der Waals surface area contributed by atoms with E-state index in [4.69, 9.17) is 0 Å². The topological polar surface area (TPSA) is 61.4 Å². The summed E-state index contributed by atoms with van der Waals surface area (Å²) in [5.74, 6) is -0.667. The van der Waals surface area contributed by atoms with Crippen molar-refractivity contribution in [3.05, 3.63) is 30.1 Å². The number of hydrogen-bond acceptors (Lipinski definition) is 3. The summed E-state index contributed by atoms with van der Waals surface area (Å²) in [6.45, 7) is 5.27. The van der Waals surface area contributed by atoms with Crippen LogP contribution in [-0.4, -0.2) is 42.9 Å². The number of carbonyl (C=O) groups excluding carboxylic acids is 2. The summed E-state index contributed by atoms with van der Waals surface area (Å²) in [5, 5.41) is 5.40. The van der Waals surface area contributed by atoms with Crippen molar-refractivity contribution >= 4 is 17.5 Å². The lowest BCUT2D eigenvalue weighted by Crippen LogP contribution is -2.40. The van der Waals surface area contributed by atoms with E-state index in [0.29, 0.717) is 18.8 Å². The van der Waals surface area contributed by atoms with Gasteiger partial charge < -0.3 is 10.2 Å². The lowest BCUT2D eigenvalue weighted by molar-refractivity contribution is -0.129. The number of likely N-dealkylation sites (N-methyl/N-ethyl adjacent to an activating group) is 1. The van der Waals surface area contributed by atoms with E-state index in [1.165, 1.54) is 24.3 Å². The van der Waals surface area contributed by atoms with Crippen molar-refractivity contribution in [2.24, 2.45) is 0 Å². The maximum Gasteiger partial charge on any atom is 0.238 e. The van der Waals surface area contributed by atoms with E-state index in [-0.39, 0.29) is 30.7 Å². The Hall–Kier alpha value is -1.95. The molecule has 110 valence electrons. The fourth-order valence-electron chi connectivity index (χ4n) is 1.71. The molecule has 0 fully saturated rings. The Morgan fingerprint density at radius 1 is 1.10 bits per heavy atom. The number of halogens is 1. The van der Waals surface area contributed by atoms with Crippen molar-refractivity contribution in [1.82, 2.24) is 10.2 Å². The van der Waals surface area contributed by atoms with Crippen molar-refractivity contribution in [2.45, 2.75) is 13.8 Å². The van der Waals surface area contributed by atoms with Crippen molar-refractivity contribution in [3.63, 3.8) is 0 Å². The molecule has 0 unspecified atom stereocenters. The smallest absolute Gasteiger partial charge is 0.238 e. The summed E-state index contributed by atoms with van der Waals surface area (Å²) in [6, 6.07) is 5.50. The summed E-state index contributed by atoms with van der Waals surface area (Å²) in [6.07, 6.45) is 0. The van der Waals surface area contributed by atoms with Gasteiger partial charge in [0.1, 0.15) is 5.82 Å². The standard InChI is InChI=1S/C14H20FN3O2/c1-3-18(4-2)14(20)10-16-9-13(19)17-12-7-5-11(15)6-8-12/h5-8,16H,3-4,9-10H2,1-2H3,(H,17,19). The number of hydrogen-bond donors (Lipinski definition) is 2. The van der Waals surface area contributed by atoms with Crippen LogP contribution >= 0.6 is 0 Å². The molecule has 0 spiro atoms. The second-order valence-corrected chi connectivity index (χ2v) is 4.22. The van der Waals surface area contributed by atoms with E-state index in [1.807, 2.05) is 13.8 Å². The highest BCUT2D eigenvalue weighted by atomic mass is 19.1. The molecule has 0 heterocycles. The van der Waals surface area contributed by atoms with Gasteiger partial charge in [0.05, 0.1) is 13.1 Å². The van der Waals surface area contributed by atoms with Gasteiger partial charge in [0.25, 0.3) is 0 Å². The van der Waals surface area contributed by atoms with Crippen LogP contribution < -0.4 is 10.6 Å². The molecule has 0 radical (unpaired) electrons. The van der Waals surface area contributed by atoms with Gasteiger partial charge in [-0.2, -0.15) is 0 Å². The molecule has 2 amide bonds. The van der Waals surface area contributed by atoms with Crippen LogP contribution in [0.25, 0.3) is 0 Å². The number of benzene rings is 1. The molecule has 0 aliphatic rings. The third kappa shape index (κ3) is 5.36. The molecule has 0 saturated carbocycles. The minimum atomic E-state index is -0.356. The van der Waals surface area contributed by atoms with Gasteiger partial charge in [0, 0.05) is 18.8 Å². The first-order valence-electron chi connectivity index (χ1n) is 6.60. The molecule has 2 N–H and O–H groups in total. The summed E-state index contributed by atoms with van der Waals surface area (Å²) >= 11 is 0. The second kappa shape index (κ2) is 8.27. The van der Waals surface area contributed by atoms with Gasteiger partial charge >= 0.3 is 0 Å². The van der Waals surface area contributed by atoms with Crippen LogP contribution in [0.5, 0.6) is 0 Å². The Balaban J connectivity index is 2.30.